The molecule has 0 radical (unpaired) electrons. The maximum atomic E-state index is 6.02. The lowest BCUT2D eigenvalue weighted by atomic mass is 9.72. The summed E-state index contributed by atoms with van der Waals surface area (Å²) < 4.78 is 5.57. The zero-order valence-electron chi connectivity index (χ0n) is 16.9. The summed E-state index contributed by atoms with van der Waals surface area (Å²) in [6.45, 7) is 7.33. The molecule has 0 aromatic carbocycles. The van der Waals surface area contributed by atoms with Crippen molar-refractivity contribution in [2.24, 2.45) is 17.1 Å². The van der Waals surface area contributed by atoms with Crippen LogP contribution < -0.4 is 16.0 Å². The fraction of sp³-hybridized carbons (Fsp3) is 0.773. The second-order valence-electron chi connectivity index (χ2n) is 9.06. The second kappa shape index (κ2) is 8.36. The van der Waals surface area contributed by atoms with Crippen LogP contribution in [-0.2, 0) is 4.74 Å². The molecule has 1 aromatic heterocycles. The van der Waals surface area contributed by atoms with Gasteiger partial charge in [-0.3, -0.25) is 0 Å². The molecule has 5 heteroatoms. The topological polar surface area (TPSA) is 63.4 Å². The number of nitrogens with two attached hydrogens (primary N) is 1. The number of pyridine rings is 1. The number of hydrogen-bond acceptors (Lipinski definition) is 5. The molecule has 0 bridgehead atoms. The molecule has 1 spiro atoms. The zero-order valence-corrected chi connectivity index (χ0v) is 16.9. The first-order valence-corrected chi connectivity index (χ1v) is 10.9. The fourth-order valence-electron chi connectivity index (χ4n) is 5.07. The standard InChI is InChI=1S/C22H36N4O/c1-17-20(24-16-18-2-4-19(23)5-3-18)6-7-21(25-17)26-12-8-22(9-13-26)10-14-27-15-11-22/h6-7,18-19,24H,2-5,8-16,23H2,1H3. The molecule has 0 amide bonds. The Hall–Kier alpha value is -1.33. The minimum Gasteiger partial charge on any atom is -0.383 e. The van der Waals surface area contributed by atoms with Crippen molar-refractivity contribution in [3.8, 4) is 0 Å². The average Bonchev–Trinajstić information content (AvgIpc) is 2.69. The van der Waals surface area contributed by atoms with Gasteiger partial charge in [-0.05, 0) is 81.8 Å². The van der Waals surface area contributed by atoms with Crippen LogP contribution in [-0.4, -0.2) is 43.9 Å². The first-order chi connectivity index (χ1) is 13.1. The van der Waals surface area contributed by atoms with Crippen molar-refractivity contribution in [3.05, 3.63) is 17.8 Å². The number of rotatable bonds is 4. The Bertz CT molecular complexity index is 611. The van der Waals surface area contributed by atoms with E-state index in [2.05, 4.69) is 29.3 Å². The number of hydrogen-bond donors (Lipinski definition) is 2. The molecule has 1 aliphatic carbocycles. The molecular formula is C22H36N4O. The number of aryl methyl sites for hydroxylation is 1. The summed E-state index contributed by atoms with van der Waals surface area (Å²) >= 11 is 0. The van der Waals surface area contributed by atoms with E-state index >= 15 is 0 Å². The quantitative estimate of drug-likeness (QED) is 0.843. The van der Waals surface area contributed by atoms with E-state index in [9.17, 15) is 0 Å². The Morgan fingerprint density at radius 1 is 1.11 bits per heavy atom. The maximum absolute atomic E-state index is 6.02. The summed E-state index contributed by atoms with van der Waals surface area (Å²) in [4.78, 5) is 7.40. The lowest BCUT2D eigenvalue weighted by molar-refractivity contribution is 0.00206. The second-order valence-corrected chi connectivity index (χ2v) is 9.06. The van der Waals surface area contributed by atoms with Gasteiger partial charge in [0.2, 0.25) is 0 Å². The van der Waals surface area contributed by atoms with Crippen molar-refractivity contribution in [1.29, 1.82) is 0 Å². The van der Waals surface area contributed by atoms with Crippen molar-refractivity contribution in [2.45, 2.75) is 64.3 Å². The maximum Gasteiger partial charge on any atom is 0.128 e. The third kappa shape index (κ3) is 4.57. The predicted molar refractivity (Wildman–Crippen MR) is 111 cm³/mol. The van der Waals surface area contributed by atoms with Gasteiger partial charge in [0.25, 0.3) is 0 Å². The molecule has 1 saturated carbocycles. The van der Waals surface area contributed by atoms with E-state index in [1.165, 1.54) is 57.1 Å². The van der Waals surface area contributed by atoms with Crippen LogP contribution in [0.3, 0.4) is 0 Å². The van der Waals surface area contributed by atoms with Gasteiger partial charge in [0.15, 0.2) is 0 Å². The van der Waals surface area contributed by atoms with Crippen molar-refractivity contribution in [1.82, 2.24) is 4.98 Å². The molecule has 3 N–H and O–H groups in total. The third-order valence-electron chi connectivity index (χ3n) is 7.25. The number of anilines is 2. The number of nitrogens with one attached hydrogen (secondary N) is 1. The Labute approximate surface area is 164 Å². The van der Waals surface area contributed by atoms with E-state index in [1.807, 2.05) is 0 Å². The van der Waals surface area contributed by atoms with E-state index in [0.29, 0.717) is 11.5 Å². The summed E-state index contributed by atoms with van der Waals surface area (Å²) in [5.74, 6) is 1.89. The van der Waals surface area contributed by atoms with Gasteiger partial charge in [-0.2, -0.15) is 0 Å². The van der Waals surface area contributed by atoms with Crippen LogP contribution in [0.25, 0.3) is 0 Å². The first kappa shape index (κ1) is 19.0. The molecule has 27 heavy (non-hydrogen) atoms. The van der Waals surface area contributed by atoms with Crippen molar-refractivity contribution in [3.63, 3.8) is 0 Å². The molecule has 3 fully saturated rings. The molecule has 4 rings (SSSR count). The lowest BCUT2D eigenvalue weighted by Gasteiger charge is -2.44. The Morgan fingerprint density at radius 3 is 2.48 bits per heavy atom. The number of ether oxygens (including phenoxy) is 1. The molecule has 5 nitrogen and oxygen atoms in total. The van der Waals surface area contributed by atoms with Gasteiger partial charge in [0, 0.05) is 38.9 Å². The Balaban J connectivity index is 1.30. The molecule has 1 aromatic rings. The van der Waals surface area contributed by atoms with Crippen LogP contribution in [0.5, 0.6) is 0 Å². The van der Waals surface area contributed by atoms with Gasteiger partial charge in [-0.1, -0.05) is 0 Å². The van der Waals surface area contributed by atoms with Gasteiger partial charge in [0.05, 0.1) is 11.4 Å². The van der Waals surface area contributed by atoms with E-state index < -0.39 is 0 Å². The molecule has 0 atom stereocenters. The molecule has 3 aliphatic rings. The summed E-state index contributed by atoms with van der Waals surface area (Å²) in [6.07, 6.45) is 9.88. The van der Waals surface area contributed by atoms with Crippen LogP contribution in [0.1, 0.15) is 57.1 Å². The lowest BCUT2D eigenvalue weighted by Crippen LogP contribution is -2.43. The average molecular weight is 373 g/mol. The fourth-order valence-corrected chi connectivity index (χ4v) is 5.07. The monoisotopic (exact) mass is 372 g/mol. The largest absolute Gasteiger partial charge is 0.383 e. The van der Waals surface area contributed by atoms with Crippen LogP contribution in [0, 0.1) is 18.3 Å². The highest BCUT2D eigenvalue weighted by Gasteiger charge is 2.36. The molecule has 2 aliphatic heterocycles. The molecule has 3 heterocycles. The van der Waals surface area contributed by atoms with Crippen LogP contribution in [0.15, 0.2) is 12.1 Å². The Morgan fingerprint density at radius 2 is 1.81 bits per heavy atom. The predicted octanol–water partition coefficient (Wildman–Crippen LogP) is 3.72. The van der Waals surface area contributed by atoms with Crippen LogP contribution >= 0.6 is 0 Å². The summed E-state index contributed by atoms with van der Waals surface area (Å²) in [7, 11) is 0. The van der Waals surface area contributed by atoms with E-state index in [-0.39, 0.29) is 0 Å². The van der Waals surface area contributed by atoms with Gasteiger partial charge < -0.3 is 20.7 Å². The minimum absolute atomic E-state index is 0.425. The zero-order chi connectivity index (χ0) is 18.7. The van der Waals surface area contributed by atoms with Gasteiger partial charge in [-0.15, -0.1) is 0 Å². The van der Waals surface area contributed by atoms with Gasteiger partial charge >= 0.3 is 0 Å². The minimum atomic E-state index is 0.425. The molecule has 0 unspecified atom stereocenters. The summed E-state index contributed by atoms with van der Waals surface area (Å²) in [6, 6.07) is 4.85. The highest BCUT2D eigenvalue weighted by atomic mass is 16.5. The number of piperidine rings is 1. The number of nitrogens with zero attached hydrogens (tertiary/aromatic N) is 2. The van der Waals surface area contributed by atoms with Crippen molar-refractivity contribution < 1.29 is 4.74 Å². The summed E-state index contributed by atoms with van der Waals surface area (Å²) in [5, 5.41) is 3.64. The smallest absolute Gasteiger partial charge is 0.128 e. The van der Waals surface area contributed by atoms with E-state index in [0.717, 1.165) is 50.3 Å². The van der Waals surface area contributed by atoms with Crippen molar-refractivity contribution >= 4 is 11.5 Å². The van der Waals surface area contributed by atoms with E-state index in [4.69, 9.17) is 15.5 Å². The van der Waals surface area contributed by atoms with Crippen molar-refractivity contribution in [2.75, 3.05) is 43.1 Å². The number of aromatic nitrogens is 1. The molecular weight excluding hydrogens is 336 g/mol. The van der Waals surface area contributed by atoms with Gasteiger partial charge in [-0.25, -0.2) is 4.98 Å². The Kier molecular flexibility index (Phi) is 5.88. The molecule has 150 valence electrons. The SMILES string of the molecule is Cc1nc(N2CCC3(CCOCC3)CC2)ccc1NCC1CCC(N)CC1. The van der Waals surface area contributed by atoms with Gasteiger partial charge in [0.1, 0.15) is 5.82 Å². The summed E-state index contributed by atoms with van der Waals surface area (Å²) in [5.41, 5.74) is 8.86. The van der Waals surface area contributed by atoms with Crippen LogP contribution in [0.4, 0.5) is 11.5 Å². The van der Waals surface area contributed by atoms with E-state index in [1.54, 1.807) is 0 Å². The molecule has 2 saturated heterocycles. The van der Waals surface area contributed by atoms with Crippen LogP contribution in [0.2, 0.25) is 0 Å². The highest BCUT2D eigenvalue weighted by molar-refractivity contribution is 5.53. The first-order valence-electron chi connectivity index (χ1n) is 10.9. The third-order valence-corrected chi connectivity index (χ3v) is 7.25. The normalized spacial score (nSPS) is 28.3. The highest BCUT2D eigenvalue weighted by Crippen LogP contribution is 2.41.